The molecule has 0 aliphatic carbocycles. The number of hydrogen-bond donors (Lipinski definition) is 1. The first-order chi connectivity index (χ1) is 7.52. The maximum absolute atomic E-state index is 13.4. The molecule has 0 amide bonds. The highest BCUT2D eigenvalue weighted by molar-refractivity contribution is 5.20. The van der Waals surface area contributed by atoms with Crippen molar-refractivity contribution in [3.8, 4) is 0 Å². The fourth-order valence-corrected chi connectivity index (χ4v) is 1.53. The average Bonchev–Trinajstić information content (AvgIpc) is 2.25. The smallest absolute Gasteiger partial charge is 0.127 e. The Balaban J connectivity index is 2.53. The number of benzene rings is 1. The first kappa shape index (κ1) is 13.1. The summed E-state index contributed by atoms with van der Waals surface area (Å²) >= 11 is 0. The van der Waals surface area contributed by atoms with Crippen molar-refractivity contribution >= 4 is 0 Å². The van der Waals surface area contributed by atoms with Crippen molar-refractivity contribution in [3.05, 3.63) is 35.6 Å². The molecule has 1 atom stereocenters. The van der Waals surface area contributed by atoms with E-state index in [-0.39, 0.29) is 11.9 Å². The zero-order chi connectivity index (χ0) is 12.1. The van der Waals surface area contributed by atoms with Crippen LogP contribution < -0.4 is 5.73 Å². The van der Waals surface area contributed by atoms with E-state index in [1.165, 1.54) is 6.07 Å². The van der Waals surface area contributed by atoms with Gasteiger partial charge in [-0.1, -0.05) is 18.2 Å². The Kier molecular flexibility index (Phi) is 4.90. The maximum atomic E-state index is 13.4. The molecule has 90 valence electrons. The van der Waals surface area contributed by atoms with Crippen LogP contribution in [-0.2, 0) is 0 Å². The third-order valence-corrected chi connectivity index (χ3v) is 2.98. The van der Waals surface area contributed by atoms with E-state index in [2.05, 4.69) is 25.8 Å². The monoisotopic (exact) mass is 224 g/mol. The zero-order valence-corrected chi connectivity index (χ0v) is 10.3. The van der Waals surface area contributed by atoms with Crippen LogP contribution >= 0.6 is 0 Å². The van der Waals surface area contributed by atoms with Crippen LogP contribution in [0.1, 0.15) is 31.9 Å². The Bertz CT molecular complexity index is 325. The molecule has 0 aromatic heterocycles. The van der Waals surface area contributed by atoms with Gasteiger partial charge >= 0.3 is 0 Å². The van der Waals surface area contributed by atoms with E-state index in [9.17, 15) is 4.39 Å². The second-order valence-electron chi connectivity index (χ2n) is 4.49. The van der Waals surface area contributed by atoms with Crippen LogP contribution in [0.3, 0.4) is 0 Å². The number of hydrogen-bond acceptors (Lipinski definition) is 2. The van der Waals surface area contributed by atoms with Gasteiger partial charge < -0.3 is 10.6 Å². The van der Waals surface area contributed by atoms with Crippen LogP contribution in [0.2, 0.25) is 0 Å². The van der Waals surface area contributed by atoms with Gasteiger partial charge in [0.15, 0.2) is 0 Å². The summed E-state index contributed by atoms with van der Waals surface area (Å²) < 4.78 is 13.4. The van der Waals surface area contributed by atoms with Gasteiger partial charge in [0.25, 0.3) is 0 Å². The molecule has 2 N–H and O–H groups in total. The molecule has 0 heterocycles. The Hall–Kier alpha value is -0.930. The summed E-state index contributed by atoms with van der Waals surface area (Å²) in [6.45, 7) is 5.15. The first-order valence-electron chi connectivity index (χ1n) is 5.72. The molecule has 0 aliphatic heterocycles. The van der Waals surface area contributed by atoms with Crippen LogP contribution in [-0.4, -0.2) is 24.5 Å². The minimum absolute atomic E-state index is 0.206. The minimum Gasteiger partial charge on any atom is -0.324 e. The first-order valence-corrected chi connectivity index (χ1v) is 5.72. The Morgan fingerprint density at radius 3 is 2.50 bits per heavy atom. The zero-order valence-electron chi connectivity index (χ0n) is 10.3. The van der Waals surface area contributed by atoms with Gasteiger partial charge in [0.05, 0.1) is 0 Å². The van der Waals surface area contributed by atoms with E-state index in [0.29, 0.717) is 11.6 Å². The van der Waals surface area contributed by atoms with Crippen LogP contribution in [0, 0.1) is 5.82 Å². The lowest BCUT2D eigenvalue weighted by Crippen LogP contribution is -2.29. The van der Waals surface area contributed by atoms with E-state index in [1.807, 2.05) is 6.07 Å². The van der Waals surface area contributed by atoms with Crippen molar-refractivity contribution in [1.29, 1.82) is 0 Å². The lowest BCUT2D eigenvalue weighted by molar-refractivity contribution is 0.262. The standard InChI is InChI=1S/C13H21FN2/c1-10(2)16(3)9-8-13(15)11-6-4-5-7-12(11)14/h4-7,10,13H,8-9,15H2,1-3H3. The fourth-order valence-electron chi connectivity index (χ4n) is 1.53. The second-order valence-corrected chi connectivity index (χ2v) is 4.49. The molecule has 1 aromatic carbocycles. The summed E-state index contributed by atoms with van der Waals surface area (Å²) in [7, 11) is 2.05. The molecule has 0 bridgehead atoms. The summed E-state index contributed by atoms with van der Waals surface area (Å²) in [6, 6.07) is 7.00. The summed E-state index contributed by atoms with van der Waals surface area (Å²) in [6.07, 6.45) is 0.773. The van der Waals surface area contributed by atoms with Gasteiger partial charge in [0.1, 0.15) is 5.82 Å². The highest BCUT2D eigenvalue weighted by Gasteiger charge is 2.12. The van der Waals surface area contributed by atoms with Crippen molar-refractivity contribution in [1.82, 2.24) is 4.90 Å². The van der Waals surface area contributed by atoms with E-state index in [4.69, 9.17) is 5.73 Å². The summed E-state index contributed by atoms with van der Waals surface area (Å²) in [4.78, 5) is 2.21. The highest BCUT2D eigenvalue weighted by atomic mass is 19.1. The van der Waals surface area contributed by atoms with Crippen molar-refractivity contribution < 1.29 is 4.39 Å². The van der Waals surface area contributed by atoms with E-state index < -0.39 is 0 Å². The third-order valence-electron chi connectivity index (χ3n) is 2.98. The van der Waals surface area contributed by atoms with Crippen LogP contribution in [0.25, 0.3) is 0 Å². The molecule has 0 aliphatic rings. The fraction of sp³-hybridized carbons (Fsp3) is 0.538. The lowest BCUT2D eigenvalue weighted by Gasteiger charge is -2.23. The Morgan fingerprint density at radius 1 is 1.31 bits per heavy atom. The summed E-state index contributed by atoms with van der Waals surface area (Å²) in [5.41, 5.74) is 6.59. The predicted octanol–water partition coefficient (Wildman–Crippen LogP) is 2.56. The maximum Gasteiger partial charge on any atom is 0.127 e. The SMILES string of the molecule is CC(C)N(C)CCC(N)c1ccccc1F. The molecular weight excluding hydrogens is 203 g/mol. The van der Waals surface area contributed by atoms with Crippen molar-refractivity contribution in [3.63, 3.8) is 0 Å². The van der Waals surface area contributed by atoms with Gasteiger partial charge in [-0.3, -0.25) is 0 Å². The Morgan fingerprint density at radius 2 is 1.94 bits per heavy atom. The van der Waals surface area contributed by atoms with E-state index in [1.54, 1.807) is 12.1 Å². The van der Waals surface area contributed by atoms with Crippen molar-refractivity contribution in [2.45, 2.75) is 32.4 Å². The number of halogens is 1. The summed E-state index contributed by atoms with van der Waals surface area (Å²) in [5, 5.41) is 0. The van der Waals surface area contributed by atoms with Crippen LogP contribution in [0.15, 0.2) is 24.3 Å². The lowest BCUT2D eigenvalue weighted by atomic mass is 10.0. The molecule has 0 saturated carbocycles. The highest BCUT2D eigenvalue weighted by Crippen LogP contribution is 2.17. The van der Waals surface area contributed by atoms with Gasteiger partial charge in [0.2, 0.25) is 0 Å². The third kappa shape index (κ3) is 3.58. The van der Waals surface area contributed by atoms with Gasteiger partial charge in [-0.15, -0.1) is 0 Å². The average molecular weight is 224 g/mol. The molecule has 1 rings (SSSR count). The van der Waals surface area contributed by atoms with Crippen LogP contribution in [0.5, 0.6) is 0 Å². The van der Waals surface area contributed by atoms with Gasteiger partial charge in [-0.05, 0) is 39.9 Å². The molecule has 0 saturated heterocycles. The second kappa shape index (κ2) is 5.97. The predicted molar refractivity (Wildman–Crippen MR) is 65.7 cm³/mol. The minimum atomic E-state index is -0.220. The van der Waals surface area contributed by atoms with Crippen molar-refractivity contribution in [2.24, 2.45) is 5.73 Å². The van der Waals surface area contributed by atoms with Gasteiger partial charge in [-0.25, -0.2) is 4.39 Å². The number of nitrogens with two attached hydrogens (primary N) is 1. The number of nitrogens with zero attached hydrogens (tertiary/aromatic N) is 1. The van der Waals surface area contributed by atoms with E-state index in [0.717, 1.165) is 13.0 Å². The molecule has 1 unspecified atom stereocenters. The molecular formula is C13H21FN2. The van der Waals surface area contributed by atoms with Crippen LogP contribution in [0.4, 0.5) is 4.39 Å². The topological polar surface area (TPSA) is 29.3 Å². The number of rotatable bonds is 5. The Labute approximate surface area is 97.3 Å². The van der Waals surface area contributed by atoms with E-state index >= 15 is 0 Å². The van der Waals surface area contributed by atoms with Crippen molar-refractivity contribution in [2.75, 3.05) is 13.6 Å². The largest absolute Gasteiger partial charge is 0.324 e. The molecule has 1 aromatic rings. The summed E-state index contributed by atoms with van der Waals surface area (Å²) in [5.74, 6) is -0.206. The van der Waals surface area contributed by atoms with Gasteiger partial charge in [-0.2, -0.15) is 0 Å². The molecule has 3 heteroatoms. The molecule has 0 radical (unpaired) electrons. The molecule has 0 fully saturated rings. The molecule has 0 spiro atoms. The molecule has 16 heavy (non-hydrogen) atoms. The van der Waals surface area contributed by atoms with Gasteiger partial charge in [0, 0.05) is 17.6 Å². The quantitative estimate of drug-likeness (QED) is 0.833. The molecule has 2 nitrogen and oxygen atoms in total. The normalized spacial score (nSPS) is 13.4.